The van der Waals surface area contributed by atoms with E-state index in [0.717, 1.165) is 62.7 Å². The van der Waals surface area contributed by atoms with E-state index in [1.807, 2.05) is 23.9 Å². The van der Waals surface area contributed by atoms with Crippen molar-refractivity contribution in [3.05, 3.63) is 83.4 Å². The molecular formula is C52H66N16O8. The molecule has 2 aromatic carbocycles. The van der Waals surface area contributed by atoms with Gasteiger partial charge in [0.2, 0.25) is 17.8 Å². The molecule has 24 heteroatoms. The van der Waals surface area contributed by atoms with Gasteiger partial charge >= 0.3 is 11.9 Å². The highest BCUT2D eigenvalue weighted by molar-refractivity contribution is 5.98. The van der Waals surface area contributed by atoms with Gasteiger partial charge in [-0.2, -0.15) is 19.9 Å². The lowest BCUT2D eigenvalue weighted by atomic mass is 9.94. The topological polar surface area (TPSA) is 381 Å². The number of nitrogens with zero attached hydrogens (tertiary/aromatic N) is 10. The minimum absolute atomic E-state index is 0.00215. The Kier molecular flexibility index (Phi) is 20.5. The fourth-order valence-corrected chi connectivity index (χ4v) is 8.45. The van der Waals surface area contributed by atoms with E-state index >= 15 is 0 Å². The van der Waals surface area contributed by atoms with E-state index < -0.39 is 29.8 Å². The molecular weight excluding hydrogens is 977 g/mol. The number of aliphatic carboxylic acids is 2. The number of anilines is 6. The van der Waals surface area contributed by atoms with E-state index in [2.05, 4.69) is 50.5 Å². The fourth-order valence-electron chi connectivity index (χ4n) is 8.45. The van der Waals surface area contributed by atoms with Gasteiger partial charge in [0.05, 0.1) is 42.8 Å². The number of carboxylic acids is 2. The summed E-state index contributed by atoms with van der Waals surface area (Å²) in [5.74, 6) is -4.26. The minimum Gasteiger partial charge on any atom is -0.481 e. The van der Waals surface area contributed by atoms with Crippen LogP contribution in [0.3, 0.4) is 0 Å². The molecule has 24 nitrogen and oxygen atoms in total. The molecule has 0 aliphatic rings. The number of nitrogens with one attached hydrogen (secondary N) is 2. The molecule has 2 amide bonds. The van der Waals surface area contributed by atoms with Crippen LogP contribution in [0.4, 0.5) is 34.9 Å². The van der Waals surface area contributed by atoms with Gasteiger partial charge in [0.1, 0.15) is 11.8 Å². The van der Waals surface area contributed by atoms with E-state index in [1.54, 1.807) is 60.9 Å². The first kappa shape index (κ1) is 56.6. The maximum absolute atomic E-state index is 13.1. The van der Waals surface area contributed by atoms with Gasteiger partial charge in [-0.3, -0.25) is 24.0 Å². The van der Waals surface area contributed by atoms with E-state index in [9.17, 15) is 39.0 Å². The summed E-state index contributed by atoms with van der Waals surface area (Å²) in [7, 11) is 3.68. The third-order valence-electron chi connectivity index (χ3n) is 12.8. The van der Waals surface area contributed by atoms with Gasteiger partial charge in [-0.25, -0.2) is 24.7 Å². The van der Waals surface area contributed by atoms with Crippen molar-refractivity contribution in [3.63, 3.8) is 0 Å². The van der Waals surface area contributed by atoms with Gasteiger partial charge < -0.3 is 53.6 Å². The van der Waals surface area contributed by atoms with Crippen molar-refractivity contribution < 1.29 is 39.0 Å². The van der Waals surface area contributed by atoms with E-state index in [-0.39, 0.29) is 84.3 Å². The molecule has 6 aromatic rings. The molecule has 76 heavy (non-hydrogen) atoms. The Morgan fingerprint density at radius 1 is 0.566 bits per heavy atom. The van der Waals surface area contributed by atoms with Crippen molar-refractivity contribution in [1.29, 1.82) is 0 Å². The standard InChI is InChI=1S/C52H66N16O8/c1-67(29-34-27-58-46-42(60-34)44(53)63-51(55)65-46)36-18-13-31(14-19-36)40(70)26-33(49(73)74)17-24-41(71)57-25-11-9-7-5-3-4-6-8-10-12-38(69)22-23-39(50(75)76)62-48(72)32-15-20-37(21-16-32)68(2)30-35-28-59-47-43(61-35)45(54)64-52(56)66-47/h13-16,18-21,27-28,33,39H,3-12,17,22-26,29-30H2,1-2H3,(H,57,71)(H,62,72)(H,73,74)(H,75,76)(H4,53,55,58,63,65)(H4,54,56,59,64,66)/t33-,39+/m1/s1. The Bertz CT molecular complexity index is 2800. The number of benzene rings is 2. The molecule has 4 aromatic heterocycles. The van der Waals surface area contributed by atoms with E-state index in [0.29, 0.717) is 66.1 Å². The Morgan fingerprint density at radius 3 is 1.55 bits per heavy atom. The Morgan fingerprint density at radius 2 is 1.05 bits per heavy atom. The number of carbonyl (C=O) groups excluding carboxylic acids is 4. The zero-order valence-electron chi connectivity index (χ0n) is 42.8. The second kappa shape index (κ2) is 27.5. The molecule has 0 radical (unpaired) electrons. The highest BCUT2D eigenvalue weighted by Gasteiger charge is 2.24. The molecule has 12 N–H and O–H groups in total. The minimum atomic E-state index is -1.22. The predicted octanol–water partition coefficient (Wildman–Crippen LogP) is 5.06. The van der Waals surface area contributed by atoms with Crippen LogP contribution in [0.25, 0.3) is 22.3 Å². The number of aromatic nitrogens is 8. The number of Topliss-reactive ketones (excluding diaryl/α,β-unsaturated/α-hetero) is 2. The second-order valence-electron chi connectivity index (χ2n) is 18.7. The lowest BCUT2D eigenvalue weighted by Crippen LogP contribution is -2.41. The monoisotopic (exact) mass is 1040 g/mol. The Balaban J connectivity index is 0.770. The fraction of sp³-hybridized carbons (Fsp3) is 0.423. The number of rotatable bonds is 31. The van der Waals surface area contributed by atoms with Gasteiger partial charge in [-0.15, -0.1) is 0 Å². The van der Waals surface area contributed by atoms with Crippen LogP contribution in [-0.2, 0) is 32.3 Å². The summed E-state index contributed by atoms with van der Waals surface area (Å²) in [5, 5.41) is 25.0. The van der Waals surface area contributed by atoms with Crippen LogP contribution in [0.15, 0.2) is 60.9 Å². The normalized spacial score (nSPS) is 12.0. The van der Waals surface area contributed by atoms with Gasteiger partial charge in [0.25, 0.3) is 5.91 Å². The lowest BCUT2D eigenvalue weighted by Gasteiger charge is -2.19. The third kappa shape index (κ3) is 16.9. The Hall–Kier alpha value is -8.70. The summed E-state index contributed by atoms with van der Waals surface area (Å²) < 4.78 is 0. The van der Waals surface area contributed by atoms with Crippen molar-refractivity contribution in [3.8, 4) is 0 Å². The summed E-state index contributed by atoms with van der Waals surface area (Å²) in [6.45, 7) is 1.21. The van der Waals surface area contributed by atoms with Crippen molar-refractivity contribution in [1.82, 2.24) is 50.5 Å². The summed E-state index contributed by atoms with van der Waals surface area (Å²) in [4.78, 5) is 113. The van der Waals surface area contributed by atoms with Gasteiger partial charge in [0.15, 0.2) is 39.7 Å². The first-order valence-electron chi connectivity index (χ1n) is 25.2. The number of amides is 2. The number of ketones is 2. The van der Waals surface area contributed by atoms with Crippen molar-refractivity contribution >= 4 is 92.6 Å². The number of carboxylic acid groups (broad SMARTS) is 2. The first-order chi connectivity index (χ1) is 36.4. The molecule has 0 saturated carbocycles. The zero-order valence-corrected chi connectivity index (χ0v) is 42.8. The molecule has 0 aliphatic heterocycles. The van der Waals surface area contributed by atoms with Crippen molar-refractivity contribution in [2.45, 2.75) is 115 Å². The SMILES string of the molecule is CN(Cc1cnc2nc(N)nc(N)c2n1)c1ccc(C(=O)C[C@@H](CCC(=O)NCCCCCCCCCCCC(=O)CC[C@H](NC(=O)c2ccc(N(C)Cc3cnc4nc(N)nc(N)c4n3)cc2)C(=O)O)C(=O)O)cc1. The quantitative estimate of drug-likeness (QED) is 0.0208. The molecule has 2 atom stereocenters. The number of fused-ring (bicyclic) bond motifs is 2. The third-order valence-corrected chi connectivity index (χ3v) is 12.8. The molecule has 4 heterocycles. The highest BCUT2D eigenvalue weighted by Crippen LogP contribution is 2.23. The van der Waals surface area contributed by atoms with Gasteiger partial charge in [0, 0.05) is 68.8 Å². The van der Waals surface area contributed by atoms with Crippen LogP contribution in [0.2, 0.25) is 0 Å². The van der Waals surface area contributed by atoms with Crippen LogP contribution >= 0.6 is 0 Å². The first-order valence-corrected chi connectivity index (χ1v) is 25.2. The number of nitrogen functional groups attached to an aromatic ring is 4. The summed E-state index contributed by atoms with van der Waals surface area (Å²) in [6, 6.07) is 12.2. The Labute approximate surface area is 438 Å². The van der Waals surface area contributed by atoms with Gasteiger partial charge in [-0.05, 0) is 74.2 Å². The highest BCUT2D eigenvalue weighted by atomic mass is 16.4. The smallest absolute Gasteiger partial charge is 0.326 e. The van der Waals surface area contributed by atoms with Crippen LogP contribution in [-0.4, -0.2) is 112 Å². The van der Waals surface area contributed by atoms with Gasteiger partial charge in [-0.1, -0.05) is 44.9 Å². The van der Waals surface area contributed by atoms with Crippen LogP contribution in [0.1, 0.15) is 128 Å². The molecule has 0 fully saturated rings. The maximum atomic E-state index is 13.1. The van der Waals surface area contributed by atoms with Crippen molar-refractivity contribution in [2.24, 2.45) is 5.92 Å². The maximum Gasteiger partial charge on any atom is 0.326 e. The number of hydrogen-bond donors (Lipinski definition) is 8. The van der Waals surface area contributed by atoms with Crippen LogP contribution in [0, 0.1) is 5.92 Å². The largest absolute Gasteiger partial charge is 0.481 e. The number of unbranched alkanes of at least 4 members (excludes halogenated alkanes) is 8. The zero-order chi connectivity index (χ0) is 54.7. The average molecular weight is 1040 g/mol. The molecule has 0 saturated heterocycles. The number of hydrogen-bond acceptors (Lipinski definition) is 20. The molecule has 0 spiro atoms. The predicted molar refractivity (Wildman–Crippen MR) is 287 cm³/mol. The summed E-state index contributed by atoms with van der Waals surface area (Å²) in [6.07, 6.45) is 11.7. The number of nitrogens with two attached hydrogens (primary N) is 4. The average Bonchev–Trinajstić information content (AvgIpc) is 3.39. The molecule has 0 bridgehead atoms. The molecule has 6 rings (SSSR count). The van der Waals surface area contributed by atoms with Crippen LogP contribution < -0.4 is 43.4 Å². The second-order valence-corrected chi connectivity index (χ2v) is 18.7. The van der Waals surface area contributed by atoms with Crippen molar-refractivity contribution in [2.75, 3.05) is 53.4 Å². The van der Waals surface area contributed by atoms with Crippen LogP contribution in [0.5, 0.6) is 0 Å². The molecule has 402 valence electrons. The summed E-state index contributed by atoms with van der Waals surface area (Å²) in [5.41, 5.74) is 27.8. The van der Waals surface area contributed by atoms with E-state index in [1.165, 1.54) is 0 Å². The number of carbonyl (C=O) groups is 6. The molecule has 0 unspecified atom stereocenters. The summed E-state index contributed by atoms with van der Waals surface area (Å²) >= 11 is 0. The molecule has 0 aliphatic carbocycles. The lowest BCUT2D eigenvalue weighted by molar-refractivity contribution is -0.142. The van der Waals surface area contributed by atoms with E-state index in [4.69, 9.17) is 22.9 Å².